The van der Waals surface area contributed by atoms with Gasteiger partial charge < -0.3 is 0 Å². The van der Waals surface area contributed by atoms with Crippen LogP contribution in [0.1, 0.15) is 88.2 Å². The molecule has 3 atom stereocenters. The lowest BCUT2D eigenvalue weighted by Crippen LogP contribution is -2.33. The Balaban J connectivity index is 1.61. The highest BCUT2D eigenvalue weighted by Crippen LogP contribution is 2.46. The molecule has 0 saturated carbocycles. The monoisotopic (exact) mass is 394 g/mol. The average molecular weight is 395 g/mol. The van der Waals surface area contributed by atoms with Gasteiger partial charge in [-0.25, -0.2) is 4.39 Å². The lowest BCUT2D eigenvalue weighted by Gasteiger charge is -2.35. The van der Waals surface area contributed by atoms with Gasteiger partial charge in [-0.1, -0.05) is 42.5 Å². The fraction of sp³-hybridized carbons (Fsp3) is 0.538. The van der Waals surface area contributed by atoms with Crippen LogP contribution in [0, 0.1) is 5.82 Å². The smallest absolute Gasteiger partial charge is 0.128 e. The van der Waals surface area contributed by atoms with Gasteiger partial charge in [0.2, 0.25) is 0 Å². The third kappa shape index (κ3) is 4.00. The second-order valence-corrected chi connectivity index (χ2v) is 9.33. The molecule has 2 aliphatic rings. The van der Waals surface area contributed by atoms with Crippen LogP contribution in [-0.2, 0) is 0 Å². The summed E-state index contributed by atoms with van der Waals surface area (Å²) < 4.78 is 15.4. The summed E-state index contributed by atoms with van der Waals surface area (Å²) in [6.45, 7) is 10.1. The van der Waals surface area contributed by atoms with E-state index < -0.39 is 0 Å². The summed E-state index contributed by atoms with van der Waals surface area (Å²) in [7, 11) is 0. The van der Waals surface area contributed by atoms with Crippen molar-refractivity contribution in [1.29, 1.82) is 0 Å². The quantitative estimate of drug-likeness (QED) is 0.559. The Bertz CT molecular complexity index is 817. The Morgan fingerprint density at radius 1 is 0.793 bits per heavy atom. The number of benzene rings is 2. The molecule has 156 valence electrons. The molecule has 0 bridgehead atoms. The van der Waals surface area contributed by atoms with Crippen molar-refractivity contribution in [1.82, 2.24) is 9.80 Å². The number of nitrogens with zero attached hydrogens (tertiary/aromatic N) is 2. The van der Waals surface area contributed by atoms with Crippen LogP contribution in [0.2, 0.25) is 0 Å². The number of halogens is 1. The maximum Gasteiger partial charge on any atom is 0.128 e. The van der Waals surface area contributed by atoms with Gasteiger partial charge in [0.15, 0.2) is 0 Å². The molecule has 29 heavy (non-hydrogen) atoms. The van der Waals surface area contributed by atoms with Crippen molar-refractivity contribution in [3.63, 3.8) is 0 Å². The first-order valence-corrected chi connectivity index (χ1v) is 11.3. The van der Waals surface area contributed by atoms with Crippen LogP contribution in [-0.4, -0.2) is 28.4 Å². The van der Waals surface area contributed by atoms with Gasteiger partial charge in [0.25, 0.3) is 0 Å². The summed E-state index contributed by atoms with van der Waals surface area (Å²) in [5.74, 6) is -0.0255. The van der Waals surface area contributed by atoms with Crippen molar-refractivity contribution in [3.05, 3.63) is 71.0 Å². The van der Waals surface area contributed by atoms with E-state index in [1.165, 1.54) is 12.0 Å². The van der Waals surface area contributed by atoms with E-state index >= 15 is 4.39 Å². The van der Waals surface area contributed by atoms with E-state index in [1.54, 1.807) is 0 Å². The fourth-order valence-corrected chi connectivity index (χ4v) is 5.67. The second-order valence-electron chi connectivity index (χ2n) is 9.33. The highest BCUT2D eigenvalue weighted by molar-refractivity contribution is 5.32. The summed E-state index contributed by atoms with van der Waals surface area (Å²) in [5, 5.41) is 0. The van der Waals surface area contributed by atoms with E-state index in [4.69, 9.17) is 0 Å². The van der Waals surface area contributed by atoms with Gasteiger partial charge in [-0.2, -0.15) is 0 Å². The zero-order valence-electron chi connectivity index (χ0n) is 18.3. The van der Waals surface area contributed by atoms with Crippen molar-refractivity contribution >= 4 is 0 Å². The standard InChI is InChI=1S/C26H35FN2/c1-18(2)28-16-8-11-24(28)21-12-13-22(23(27)17-21)26-15-14-25(29(26)19(3)4)20-9-6-5-7-10-20/h5-7,9-10,12-13,17-19,24-26H,8,11,14-16H2,1-4H3. The number of likely N-dealkylation sites (tertiary alicyclic amines) is 2. The predicted molar refractivity (Wildman–Crippen MR) is 118 cm³/mol. The average Bonchev–Trinajstić information content (AvgIpc) is 3.36. The van der Waals surface area contributed by atoms with Crippen LogP contribution in [0.25, 0.3) is 0 Å². The topological polar surface area (TPSA) is 6.48 Å². The summed E-state index contributed by atoms with van der Waals surface area (Å²) in [6, 6.07) is 18.6. The largest absolute Gasteiger partial charge is 0.294 e. The number of hydrogen-bond acceptors (Lipinski definition) is 2. The molecular formula is C26H35FN2. The maximum atomic E-state index is 15.4. The Morgan fingerprint density at radius 2 is 1.52 bits per heavy atom. The molecule has 2 heterocycles. The van der Waals surface area contributed by atoms with Crippen LogP contribution >= 0.6 is 0 Å². The van der Waals surface area contributed by atoms with E-state index in [0.717, 1.165) is 36.9 Å². The molecule has 2 fully saturated rings. The molecular weight excluding hydrogens is 359 g/mol. The van der Waals surface area contributed by atoms with Gasteiger partial charge in [-0.15, -0.1) is 0 Å². The molecule has 0 aliphatic carbocycles. The zero-order valence-corrected chi connectivity index (χ0v) is 18.3. The van der Waals surface area contributed by atoms with Gasteiger partial charge in [0.05, 0.1) is 0 Å². The van der Waals surface area contributed by atoms with E-state index in [2.05, 4.69) is 80.0 Å². The summed E-state index contributed by atoms with van der Waals surface area (Å²) in [4.78, 5) is 5.03. The predicted octanol–water partition coefficient (Wildman–Crippen LogP) is 6.66. The molecule has 0 aromatic heterocycles. The Labute approximate surface area is 175 Å². The van der Waals surface area contributed by atoms with Crippen LogP contribution < -0.4 is 0 Å². The lowest BCUT2D eigenvalue weighted by atomic mass is 9.97. The van der Waals surface area contributed by atoms with Crippen LogP contribution in [0.15, 0.2) is 48.5 Å². The van der Waals surface area contributed by atoms with E-state index in [1.807, 2.05) is 6.07 Å². The summed E-state index contributed by atoms with van der Waals surface area (Å²) >= 11 is 0. The van der Waals surface area contributed by atoms with Gasteiger partial charge in [-0.3, -0.25) is 9.80 Å². The zero-order chi connectivity index (χ0) is 20.5. The Morgan fingerprint density at radius 3 is 2.17 bits per heavy atom. The molecule has 4 rings (SSSR count). The van der Waals surface area contributed by atoms with Crippen molar-refractivity contribution in [2.24, 2.45) is 0 Å². The minimum Gasteiger partial charge on any atom is -0.294 e. The Hall–Kier alpha value is -1.71. The van der Waals surface area contributed by atoms with E-state index in [0.29, 0.717) is 24.2 Å². The van der Waals surface area contributed by atoms with Crippen molar-refractivity contribution in [2.45, 2.75) is 83.6 Å². The van der Waals surface area contributed by atoms with Crippen LogP contribution in [0.4, 0.5) is 4.39 Å². The maximum absolute atomic E-state index is 15.4. The molecule has 2 aliphatic heterocycles. The van der Waals surface area contributed by atoms with Gasteiger partial charge >= 0.3 is 0 Å². The molecule has 0 radical (unpaired) electrons. The summed E-state index contributed by atoms with van der Waals surface area (Å²) in [6.07, 6.45) is 4.43. The lowest BCUT2D eigenvalue weighted by molar-refractivity contribution is 0.146. The highest BCUT2D eigenvalue weighted by atomic mass is 19.1. The van der Waals surface area contributed by atoms with Crippen molar-refractivity contribution < 1.29 is 4.39 Å². The van der Waals surface area contributed by atoms with Crippen LogP contribution in [0.5, 0.6) is 0 Å². The molecule has 2 aromatic rings. The molecule has 2 saturated heterocycles. The van der Waals surface area contributed by atoms with Crippen LogP contribution in [0.3, 0.4) is 0 Å². The number of hydrogen-bond donors (Lipinski definition) is 0. The second kappa shape index (κ2) is 8.57. The van der Waals surface area contributed by atoms with Crippen molar-refractivity contribution in [3.8, 4) is 0 Å². The highest BCUT2D eigenvalue weighted by Gasteiger charge is 2.38. The molecule has 0 N–H and O–H groups in total. The minimum absolute atomic E-state index is 0.0255. The Kier molecular flexibility index (Phi) is 6.08. The summed E-state index contributed by atoms with van der Waals surface area (Å²) in [5.41, 5.74) is 3.36. The molecule has 3 unspecified atom stereocenters. The van der Waals surface area contributed by atoms with Gasteiger partial charge in [0.1, 0.15) is 5.82 Å². The third-order valence-electron chi connectivity index (χ3n) is 6.94. The number of rotatable bonds is 5. The third-order valence-corrected chi connectivity index (χ3v) is 6.94. The van der Waals surface area contributed by atoms with Crippen molar-refractivity contribution in [2.75, 3.05) is 6.54 Å². The molecule has 0 spiro atoms. The first-order valence-electron chi connectivity index (χ1n) is 11.3. The first kappa shape index (κ1) is 20.6. The molecule has 2 nitrogen and oxygen atoms in total. The minimum atomic E-state index is -0.0255. The fourth-order valence-electron chi connectivity index (χ4n) is 5.67. The van der Waals surface area contributed by atoms with E-state index in [9.17, 15) is 0 Å². The van der Waals surface area contributed by atoms with Gasteiger partial charge in [0, 0.05) is 35.8 Å². The molecule has 3 heteroatoms. The SMILES string of the molecule is CC(C)N1CCCC1c1ccc(C2CCC(c3ccccc3)N2C(C)C)c(F)c1. The van der Waals surface area contributed by atoms with Gasteiger partial charge in [-0.05, 0) is 77.1 Å². The molecule has 2 aromatic carbocycles. The van der Waals surface area contributed by atoms with E-state index in [-0.39, 0.29) is 11.9 Å². The first-order chi connectivity index (χ1) is 14.0. The normalized spacial score (nSPS) is 26.1. The molecule has 0 amide bonds.